The van der Waals surface area contributed by atoms with Gasteiger partial charge in [0.2, 0.25) is 10.0 Å². The third-order valence-corrected chi connectivity index (χ3v) is 7.44. The molecule has 0 amide bonds. The van der Waals surface area contributed by atoms with Crippen molar-refractivity contribution >= 4 is 43.0 Å². The summed E-state index contributed by atoms with van der Waals surface area (Å²) in [4.78, 5) is 11.4. The molecule has 1 aliphatic heterocycles. The van der Waals surface area contributed by atoms with Crippen molar-refractivity contribution in [1.82, 2.24) is 0 Å². The average Bonchev–Trinajstić information content (AvgIpc) is 2.77. The Bertz CT molecular complexity index is 1500. The van der Waals surface area contributed by atoms with Crippen molar-refractivity contribution in [3.63, 3.8) is 0 Å². The van der Waals surface area contributed by atoms with Gasteiger partial charge in [-0.2, -0.15) is 0 Å². The molecule has 11 heteroatoms. The van der Waals surface area contributed by atoms with Gasteiger partial charge in [-0.3, -0.25) is 4.72 Å². The predicted octanol–water partition coefficient (Wildman–Crippen LogP) is 2.60. The van der Waals surface area contributed by atoms with Gasteiger partial charge in [0.1, 0.15) is 10.6 Å². The summed E-state index contributed by atoms with van der Waals surface area (Å²) in [5, 5.41) is 17.9. The van der Waals surface area contributed by atoms with Gasteiger partial charge in [-0.1, -0.05) is 42.5 Å². The number of primary sulfonamides is 1. The fourth-order valence-corrected chi connectivity index (χ4v) is 5.39. The highest BCUT2D eigenvalue weighted by Crippen LogP contribution is 2.35. The van der Waals surface area contributed by atoms with Crippen LogP contribution in [0.3, 0.4) is 0 Å². The molecule has 3 aromatic carbocycles. The van der Waals surface area contributed by atoms with Crippen LogP contribution in [0, 0.1) is 0 Å². The number of para-hydroxylation sites is 1. The van der Waals surface area contributed by atoms with E-state index in [9.17, 15) is 26.7 Å². The van der Waals surface area contributed by atoms with Crippen LogP contribution >= 0.6 is 0 Å². The fraction of sp³-hybridized carbons (Fsp3) is 0.0455. The molecule has 0 bridgehead atoms. The number of aliphatic carboxylic acids is 1. The smallest absolute Gasteiger partial charge is 0.352 e. The van der Waals surface area contributed by atoms with E-state index in [1.807, 2.05) is 12.1 Å². The van der Waals surface area contributed by atoms with Gasteiger partial charge in [0.05, 0.1) is 10.6 Å². The minimum Gasteiger partial charge on any atom is -0.477 e. The quantitative estimate of drug-likeness (QED) is 0.418. The molecule has 0 aliphatic carbocycles. The Morgan fingerprint density at radius 1 is 0.939 bits per heavy atom. The number of carbonyl (C=O) groups is 1. The normalized spacial score (nSPS) is 13.7. The number of rotatable bonds is 6. The van der Waals surface area contributed by atoms with Gasteiger partial charge in [0, 0.05) is 12.1 Å². The van der Waals surface area contributed by atoms with Crippen LogP contribution in [-0.4, -0.2) is 27.9 Å². The van der Waals surface area contributed by atoms with Crippen LogP contribution in [0.15, 0.2) is 88.3 Å². The van der Waals surface area contributed by atoms with Crippen molar-refractivity contribution in [1.29, 1.82) is 0 Å². The highest BCUT2D eigenvalue weighted by atomic mass is 32.2. The molecule has 9 nitrogen and oxygen atoms in total. The number of nitrogens with one attached hydrogen (secondary N) is 2. The molecule has 4 rings (SSSR count). The van der Waals surface area contributed by atoms with Crippen LogP contribution in [0.25, 0.3) is 5.57 Å². The van der Waals surface area contributed by atoms with E-state index in [2.05, 4.69) is 10.0 Å². The average molecular weight is 486 g/mol. The number of carboxylic acids is 1. The molecule has 0 unspecified atom stereocenters. The lowest BCUT2D eigenvalue weighted by molar-refractivity contribution is -0.132. The molecule has 0 saturated carbocycles. The van der Waals surface area contributed by atoms with E-state index in [4.69, 9.17) is 5.14 Å². The number of allylic oxidation sites excluding steroid dienone is 1. The predicted molar refractivity (Wildman–Crippen MR) is 123 cm³/mol. The highest BCUT2D eigenvalue weighted by molar-refractivity contribution is 7.93. The van der Waals surface area contributed by atoms with E-state index in [-0.39, 0.29) is 22.7 Å². The number of hydrogen-bond acceptors (Lipinski definition) is 6. The van der Waals surface area contributed by atoms with Crippen LogP contribution in [0.2, 0.25) is 0 Å². The zero-order chi connectivity index (χ0) is 23.8. The molecule has 0 radical (unpaired) electrons. The molecule has 1 aliphatic rings. The topological polar surface area (TPSA) is 156 Å². The SMILES string of the molecule is NS(=O)(=O)c1ccc(C2=C(C(=O)O)Nc3ccccc3C2)cc1NS(=O)(=O)c1ccccc1. The second-order valence-electron chi connectivity index (χ2n) is 7.29. The Hall–Kier alpha value is -3.67. The van der Waals surface area contributed by atoms with Crippen LogP contribution in [0.5, 0.6) is 0 Å². The maximum Gasteiger partial charge on any atom is 0.352 e. The summed E-state index contributed by atoms with van der Waals surface area (Å²) in [5.41, 5.74) is 1.79. The Kier molecular flexibility index (Phi) is 5.70. The molecular formula is C22H19N3O6S2. The van der Waals surface area contributed by atoms with Gasteiger partial charge >= 0.3 is 5.97 Å². The largest absolute Gasteiger partial charge is 0.477 e. The zero-order valence-corrected chi connectivity index (χ0v) is 18.7. The minimum absolute atomic E-state index is 0.0746. The van der Waals surface area contributed by atoms with Gasteiger partial charge in [-0.05, 0) is 47.0 Å². The molecule has 0 spiro atoms. The van der Waals surface area contributed by atoms with Crippen molar-refractivity contribution in [3.05, 3.63) is 89.6 Å². The monoisotopic (exact) mass is 485 g/mol. The first kappa shape index (κ1) is 22.5. The summed E-state index contributed by atoms with van der Waals surface area (Å²) < 4.78 is 52.2. The number of carboxylic acid groups (broad SMARTS) is 1. The molecule has 33 heavy (non-hydrogen) atoms. The van der Waals surface area contributed by atoms with Crippen molar-refractivity contribution in [3.8, 4) is 0 Å². The summed E-state index contributed by atoms with van der Waals surface area (Å²) >= 11 is 0. The van der Waals surface area contributed by atoms with E-state index in [0.717, 1.165) is 11.6 Å². The zero-order valence-electron chi connectivity index (χ0n) is 17.0. The Morgan fingerprint density at radius 3 is 2.27 bits per heavy atom. The van der Waals surface area contributed by atoms with Crippen molar-refractivity contribution in [2.45, 2.75) is 16.2 Å². The highest BCUT2D eigenvalue weighted by Gasteiger charge is 2.26. The molecule has 5 N–H and O–H groups in total. The molecule has 3 aromatic rings. The number of anilines is 2. The number of hydrogen-bond donors (Lipinski definition) is 4. The molecule has 0 fully saturated rings. The second kappa shape index (κ2) is 8.35. The Labute approximate surface area is 190 Å². The number of sulfonamides is 2. The number of nitrogens with two attached hydrogens (primary N) is 1. The lowest BCUT2D eigenvalue weighted by Crippen LogP contribution is -2.21. The van der Waals surface area contributed by atoms with Gasteiger partial charge < -0.3 is 10.4 Å². The summed E-state index contributed by atoms with van der Waals surface area (Å²) in [7, 11) is -8.43. The van der Waals surface area contributed by atoms with Crippen LogP contribution in [0.4, 0.5) is 11.4 Å². The van der Waals surface area contributed by atoms with Gasteiger partial charge in [0.25, 0.3) is 10.0 Å². The van der Waals surface area contributed by atoms with Crippen LogP contribution < -0.4 is 15.2 Å². The first-order chi connectivity index (χ1) is 15.6. The fourth-order valence-electron chi connectivity index (χ4n) is 3.56. The van der Waals surface area contributed by atoms with E-state index in [1.54, 1.807) is 18.2 Å². The molecular weight excluding hydrogens is 466 g/mol. The first-order valence-corrected chi connectivity index (χ1v) is 12.7. The molecule has 0 atom stereocenters. The van der Waals surface area contributed by atoms with Crippen molar-refractivity contribution in [2.24, 2.45) is 5.14 Å². The maximum absolute atomic E-state index is 12.8. The van der Waals surface area contributed by atoms with E-state index < -0.39 is 30.9 Å². The maximum atomic E-state index is 12.8. The number of benzene rings is 3. The Morgan fingerprint density at radius 2 is 1.61 bits per heavy atom. The summed E-state index contributed by atoms with van der Waals surface area (Å²) in [6.07, 6.45) is 0.240. The minimum atomic E-state index is -4.29. The number of fused-ring (bicyclic) bond motifs is 1. The van der Waals surface area contributed by atoms with Crippen molar-refractivity contribution < 1.29 is 26.7 Å². The third-order valence-electron chi connectivity index (χ3n) is 5.09. The Balaban J connectivity index is 1.85. The summed E-state index contributed by atoms with van der Waals surface area (Å²) in [6.45, 7) is 0. The van der Waals surface area contributed by atoms with E-state index in [1.165, 1.54) is 36.4 Å². The van der Waals surface area contributed by atoms with Crippen LogP contribution in [-0.2, 0) is 31.3 Å². The standard InChI is InChI=1S/C22H19N3O6S2/c23-32(28,29)20-11-10-14(13-19(20)25-33(30,31)16-7-2-1-3-8-16)17-12-15-6-4-5-9-18(15)24-21(17)22(26)27/h1-11,13,24-25H,12H2,(H,26,27)(H2,23,28,29). The summed E-state index contributed by atoms with van der Waals surface area (Å²) in [5.74, 6) is -1.21. The first-order valence-electron chi connectivity index (χ1n) is 9.63. The van der Waals surface area contributed by atoms with Crippen molar-refractivity contribution in [2.75, 3.05) is 10.0 Å². The lowest BCUT2D eigenvalue weighted by atomic mass is 9.92. The second-order valence-corrected chi connectivity index (χ2v) is 10.5. The molecule has 0 saturated heterocycles. The van der Waals surface area contributed by atoms with Gasteiger partial charge in [-0.15, -0.1) is 0 Å². The lowest BCUT2D eigenvalue weighted by Gasteiger charge is -2.23. The summed E-state index contributed by atoms with van der Waals surface area (Å²) in [6, 6.07) is 18.4. The molecule has 170 valence electrons. The van der Waals surface area contributed by atoms with E-state index >= 15 is 0 Å². The third kappa shape index (κ3) is 4.60. The molecule has 1 heterocycles. The van der Waals surface area contributed by atoms with Gasteiger partial charge in [0.15, 0.2) is 0 Å². The molecule has 0 aromatic heterocycles. The van der Waals surface area contributed by atoms with Crippen LogP contribution in [0.1, 0.15) is 11.1 Å². The van der Waals surface area contributed by atoms with Gasteiger partial charge in [-0.25, -0.2) is 26.8 Å². The van der Waals surface area contributed by atoms with E-state index in [0.29, 0.717) is 16.8 Å².